The molecule has 0 aliphatic heterocycles. The topological polar surface area (TPSA) is 71.1 Å². The molecule has 2 N–H and O–H groups in total. The van der Waals surface area contributed by atoms with Crippen LogP contribution >= 0.6 is 11.6 Å². The number of ketones is 1. The van der Waals surface area contributed by atoms with Gasteiger partial charge in [0.2, 0.25) is 0 Å². The van der Waals surface area contributed by atoms with Gasteiger partial charge >= 0.3 is 0 Å². The molecule has 2 aromatic carbocycles. The Labute approximate surface area is 162 Å². The van der Waals surface area contributed by atoms with Gasteiger partial charge in [0.1, 0.15) is 5.69 Å². The van der Waals surface area contributed by atoms with E-state index in [1.165, 1.54) is 6.92 Å². The molecule has 1 amide bonds. The molecule has 0 atom stereocenters. The second-order valence-corrected chi connectivity index (χ2v) is 6.52. The molecule has 1 aromatic heterocycles. The minimum atomic E-state index is -0.360. The quantitative estimate of drug-likeness (QED) is 0.594. The lowest BCUT2D eigenvalue weighted by atomic mass is 10.1. The molecule has 0 aliphatic carbocycles. The summed E-state index contributed by atoms with van der Waals surface area (Å²) < 4.78 is 0. The van der Waals surface area contributed by atoms with Crippen LogP contribution in [-0.2, 0) is 0 Å². The highest BCUT2D eigenvalue weighted by molar-refractivity contribution is 6.31. The third kappa shape index (κ3) is 4.71. The maximum Gasteiger partial charge on any atom is 0.274 e. The number of hydrogen-bond donors (Lipinski definition) is 2. The number of rotatable bonds is 5. The Morgan fingerprint density at radius 1 is 0.963 bits per heavy atom. The molecule has 0 spiro atoms. The summed E-state index contributed by atoms with van der Waals surface area (Å²) in [6.45, 7) is 3.41. The minimum absolute atomic E-state index is 0.0628. The lowest BCUT2D eigenvalue weighted by Crippen LogP contribution is -2.14. The van der Waals surface area contributed by atoms with E-state index in [0.717, 1.165) is 11.3 Å². The Balaban J connectivity index is 1.76. The summed E-state index contributed by atoms with van der Waals surface area (Å²) in [5, 5.41) is 6.63. The number of nitrogens with one attached hydrogen (secondary N) is 2. The Hall–Kier alpha value is -3.18. The number of amides is 1. The number of aryl methyl sites for hydroxylation is 1. The maximum atomic E-state index is 12.5. The molecule has 27 heavy (non-hydrogen) atoms. The number of carbonyl (C=O) groups excluding carboxylic acids is 2. The number of hydrogen-bond acceptors (Lipinski definition) is 4. The van der Waals surface area contributed by atoms with Crippen molar-refractivity contribution in [1.82, 2.24) is 4.98 Å². The van der Waals surface area contributed by atoms with Crippen molar-refractivity contribution < 1.29 is 9.59 Å². The fraction of sp³-hybridized carbons (Fsp3) is 0.0952. The van der Waals surface area contributed by atoms with Gasteiger partial charge in [-0.25, -0.2) is 0 Å². The van der Waals surface area contributed by atoms with E-state index < -0.39 is 0 Å². The highest BCUT2D eigenvalue weighted by Crippen LogP contribution is 2.23. The third-order valence-corrected chi connectivity index (χ3v) is 4.39. The number of halogens is 1. The largest absolute Gasteiger partial charge is 0.355 e. The van der Waals surface area contributed by atoms with E-state index in [2.05, 4.69) is 15.6 Å². The van der Waals surface area contributed by atoms with Crippen molar-refractivity contribution in [2.75, 3.05) is 10.6 Å². The van der Waals surface area contributed by atoms with Crippen molar-refractivity contribution >= 4 is 40.4 Å². The standard InChI is InChI=1S/C21H18ClN3O2/c1-13-6-7-17(11-19(13)22)24-18-8-9-23-20(12-18)21(27)25-16-5-3-4-15(10-16)14(2)26/h3-12H,1-2H3,(H,23,24)(H,25,27). The number of pyridine rings is 1. The molecule has 0 saturated carbocycles. The summed E-state index contributed by atoms with van der Waals surface area (Å²) >= 11 is 6.15. The van der Waals surface area contributed by atoms with Crippen molar-refractivity contribution in [1.29, 1.82) is 0 Å². The van der Waals surface area contributed by atoms with Crippen LogP contribution in [0.25, 0.3) is 0 Å². The number of nitrogens with zero attached hydrogens (tertiary/aromatic N) is 1. The van der Waals surface area contributed by atoms with E-state index in [1.807, 2.05) is 25.1 Å². The van der Waals surface area contributed by atoms with E-state index in [-0.39, 0.29) is 17.4 Å². The van der Waals surface area contributed by atoms with E-state index in [1.54, 1.807) is 42.6 Å². The number of benzene rings is 2. The number of carbonyl (C=O) groups is 2. The van der Waals surface area contributed by atoms with Gasteiger partial charge in [0.05, 0.1) is 0 Å². The van der Waals surface area contributed by atoms with Gasteiger partial charge in [-0.2, -0.15) is 0 Å². The van der Waals surface area contributed by atoms with Crippen LogP contribution in [0, 0.1) is 6.92 Å². The summed E-state index contributed by atoms with van der Waals surface area (Å²) in [7, 11) is 0. The first-order valence-electron chi connectivity index (χ1n) is 8.34. The zero-order chi connectivity index (χ0) is 19.4. The second-order valence-electron chi connectivity index (χ2n) is 6.11. The Bertz CT molecular complexity index is 1020. The van der Waals surface area contributed by atoms with E-state index in [0.29, 0.717) is 22.0 Å². The SMILES string of the molecule is CC(=O)c1cccc(NC(=O)c2cc(Nc3ccc(C)c(Cl)c3)ccn2)c1. The van der Waals surface area contributed by atoms with Crippen LogP contribution in [0.2, 0.25) is 5.02 Å². The average molecular weight is 380 g/mol. The predicted molar refractivity (Wildman–Crippen MR) is 108 cm³/mol. The van der Waals surface area contributed by atoms with Gasteiger partial charge in [-0.15, -0.1) is 0 Å². The van der Waals surface area contributed by atoms with Crippen molar-refractivity contribution in [3.05, 3.63) is 82.6 Å². The lowest BCUT2D eigenvalue weighted by molar-refractivity contribution is 0.100. The van der Waals surface area contributed by atoms with Gasteiger partial charge in [0.25, 0.3) is 5.91 Å². The predicted octanol–water partition coefficient (Wildman–Crippen LogP) is 5.24. The van der Waals surface area contributed by atoms with Crippen molar-refractivity contribution in [3.63, 3.8) is 0 Å². The van der Waals surface area contributed by atoms with Crippen molar-refractivity contribution in [2.45, 2.75) is 13.8 Å². The van der Waals surface area contributed by atoms with Gasteiger partial charge in [-0.1, -0.05) is 29.8 Å². The van der Waals surface area contributed by atoms with Crippen LogP contribution in [0.4, 0.5) is 17.1 Å². The first kappa shape index (κ1) is 18.6. The number of Topliss-reactive ketones (excluding diaryl/α,β-unsaturated/α-hetero) is 1. The summed E-state index contributed by atoms with van der Waals surface area (Å²) in [4.78, 5) is 28.1. The van der Waals surface area contributed by atoms with Gasteiger partial charge in [-0.3, -0.25) is 14.6 Å². The maximum absolute atomic E-state index is 12.5. The fourth-order valence-electron chi connectivity index (χ4n) is 2.48. The number of anilines is 3. The molecular weight excluding hydrogens is 362 g/mol. The Morgan fingerprint density at radius 3 is 2.48 bits per heavy atom. The smallest absolute Gasteiger partial charge is 0.274 e. The van der Waals surface area contributed by atoms with E-state index in [4.69, 9.17) is 11.6 Å². The van der Waals surface area contributed by atoms with Crippen LogP contribution < -0.4 is 10.6 Å². The first-order valence-corrected chi connectivity index (χ1v) is 8.72. The molecule has 3 rings (SSSR count). The Kier molecular flexibility index (Phi) is 5.52. The first-order chi connectivity index (χ1) is 12.9. The summed E-state index contributed by atoms with van der Waals surface area (Å²) in [5.41, 5.74) is 3.85. The summed E-state index contributed by atoms with van der Waals surface area (Å²) in [6, 6.07) is 15.9. The fourth-order valence-corrected chi connectivity index (χ4v) is 2.66. The summed E-state index contributed by atoms with van der Waals surface area (Å²) in [6.07, 6.45) is 1.55. The monoisotopic (exact) mass is 379 g/mol. The molecule has 1 heterocycles. The molecule has 6 heteroatoms. The molecule has 0 unspecified atom stereocenters. The minimum Gasteiger partial charge on any atom is -0.355 e. The molecular formula is C21H18ClN3O2. The molecule has 0 bridgehead atoms. The van der Waals surface area contributed by atoms with Crippen molar-refractivity contribution in [3.8, 4) is 0 Å². The molecule has 3 aromatic rings. The van der Waals surface area contributed by atoms with Gasteiger partial charge in [-0.05, 0) is 55.8 Å². The van der Waals surface area contributed by atoms with Crippen molar-refractivity contribution in [2.24, 2.45) is 0 Å². The zero-order valence-corrected chi connectivity index (χ0v) is 15.7. The zero-order valence-electron chi connectivity index (χ0n) is 14.9. The van der Waals surface area contributed by atoms with Crippen LogP contribution in [0.5, 0.6) is 0 Å². The molecule has 0 radical (unpaired) electrons. The van der Waals surface area contributed by atoms with Crippen LogP contribution in [-0.4, -0.2) is 16.7 Å². The molecule has 0 aliphatic rings. The second kappa shape index (κ2) is 8.01. The third-order valence-electron chi connectivity index (χ3n) is 3.98. The molecule has 0 saturated heterocycles. The van der Waals surface area contributed by atoms with Crippen LogP contribution in [0.15, 0.2) is 60.8 Å². The Morgan fingerprint density at radius 2 is 1.74 bits per heavy atom. The molecule has 136 valence electrons. The summed E-state index contributed by atoms with van der Waals surface area (Å²) in [5.74, 6) is -0.423. The molecule has 0 fully saturated rings. The lowest BCUT2D eigenvalue weighted by Gasteiger charge is -2.10. The average Bonchev–Trinajstić information content (AvgIpc) is 2.65. The normalized spacial score (nSPS) is 10.3. The van der Waals surface area contributed by atoms with Gasteiger partial charge in [0.15, 0.2) is 5.78 Å². The highest BCUT2D eigenvalue weighted by Gasteiger charge is 2.10. The van der Waals surface area contributed by atoms with E-state index in [9.17, 15) is 9.59 Å². The van der Waals surface area contributed by atoms with Crippen LogP contribution in [0.3, 0.4) is 0 Å². The number of aromatic nitrogens is 1. The van der Waals surface area contributed by atoms with Crippen LogP contribution in [0.1, 0.15) is 33.3 Å². The molecule has 5 nitrogen and oxygen atoms in total. The van der Waals surface area contributed by atoms with Gasteiger partial charge in [0, 0.05) is 33.8 Å². The van der Waals surface area contributed by atoms with E-state index >= 15 is 0 Å². The highest BCUT2D eigenvalue weighted by atomic mass is 35.5. The van der Waals surface area contributed by atoms with Gasteiger partial charge < -0.3 is 10.6 Å².